The molecule has 1 aromatic heterocycles. The molecule has 774 valence electrons. The van der Waals surface area contributed by atoms with Crippen molar-refractivity contribution < 1.29 is 62.6 Å². The second-order valence-electron chi connectivity index (χ2n) is 33.3. The Labute approximate surface area is 960 Å². The summed E-state index contributed by atoms with van der Waals surface area (Å²) in [7, 11) is 6.32. The Bertz CT molecular complexity index is 4540. The van der Waals surface area contributed by atoms with Crippen molar-refractivity contribution >= 4 is 243 Å². The number of carbonyl (C=O) groups is 5. The molecular weight excluding hydrogens is 2860 g/mol. The van der Waals surface area contributed by atoms with Gasteiger partial charge in [-0.1, -0.05) is 294 Å². The number of aromatic nitrogens is 2. The first kappa shape index (κ1) is 137. The monoisotopic (exact) mass is 3000 g/mol. The Morgan fingerprint density at radius 2 is 0.835 bits per heavy atom. The quantitative estimate of drug-likeness (QED) is 0.0158. The summed E-state index contributed by atoms with van der Waals surface area (Å²) < 4.78 is 70.0. The molecule has 3 aliphatic heterocycles. The van der Waals surface area contributed by atoms with Gasteiger partial charge in [-0.3, -0.25) is 19.0 Å². The molecule has 0 atom stereocenters. The van der Waals surface area contributed by atoms with Crippen molar-refractivity contribution in [2.45, 2.75) is 166 Å². The molecule has 3 aliphatic rings. The van der Waals surface area contributed by atoms with Crippen molar-refractivity contribution in [1.29, 1.82) is 5.26 Å². The highest BCUT2D eigenvalue weighted by molar-refractivity contribution is 15.0. The van der Waals surface area contributed by atoms with E-state index in [2.05, 4.69) is 285 Å². The summed E-state index contributed by atoms with van der Waals surface area (Å²) in [6, 6.07) is 58.2. The Morgan fingerprint density at radius 3 is 1.15 bits per heavy atom. The van der Waals surface area contributed by atoms with E-state index in [9.17, 15) is 37.1 Å². The van der Waals surface area contributed by atoms with E-state index in [-0.39, 0.29) is 65.3 Å². The molecule has 22 nitrogen and oxygen atoms in total. The van der Waals surface area contributed by atoms with Gasteiger partial charge < -0.3 is 71.1 Å². The summed E-state index contributed by atoms with van der Waals surface area (Å²) in [6.07, 6.45) is 12.0. The number of benzene rings is 8. The molecule has 8 aromatic carbocycles. The summed E-state index contributed by atoms with van der Waals surface area (Å²) >= 11 is 21.0. The van der Waals surface area contributed by atoms with Gasteiger partial charge in [-0.25, -0.2) is 27.7 Å². The molecule has 3 fully saturated rings. The zero-order chi connectivity index (χ0) is 105. The molecule has 0 saturated carbocycles. The van der Waals surface area contributed by atoms with E-state index in [0.29, 0.717) is 104 Å². The number of carbonyl (C=O) groups excluding carboxylic acids is 5. The molecule has 0 unspecified atom stereocenters. The lowest BCUT2D eigenvalue weighted by atomic mass is 10.0. The molecule has 0 bridgehead atoms. The summed E-state index contributed by atoms with van der Waals surface area (Å²) in [5.41, 5.74) is 18.2. The normalized spacial score (nSPS) is 12.5. The fourth-order valence-electron chi connectivity index (χ4n) is 11.3. The van der Waals surface area contributed by atoms with Gasteiger partial charge in [-0.2, -0.15) is 5.26 Å². The number of alkyl halides is 7. The molecule has 3 amide bonds. The summed E-state index contributed by atoms with van der Waals surface area (Å²) in [6.45, 7) is 35.1. The fourth-order valence-corrected chi connectivity index (χ4v) is 11.3. The second kappa shape index (κ2) is 90.1. The Balaban J connectivity index is -0.00000153. The van der Waals surface area contributed by atoms with Crippen LogP contribution >= 0.6 is 213 Å². The number of rotatable bonds is 27. The number of phenolic OH excluding ortho intramolecular Hbond substituents is 1. The van der Waals surface area contributed by atoms with Crippen LogP contribution in [0.3, 0.4) is 0 Å². The average molecular weight is 3010 g/mol. The summed E-state index contributed by atoms with van der Waals surface area (Å²) in [4.78, 5) is 68.8. The van der Waals surface area contributed by atoms with Gasteiger partial charge in [-0.15, -0.1) is 24.0 Å². The number of ether oxygens (including phenoxy) is 4. The van der Waals surface area contributed by atoms with Crippen molar-refractivity contribution in [3.05, 3.63) is 275 Å². The van der Waals surface area contributed by atoms with Gasteiger partial charge in [0.2, 0.25) is 0 Å². The molecule has 139 heavy (non-hydrogen) atoms. The molecule has 0 spiro atoms. The van der Waals surface area contributed by atoms with Gasteiger partial charge >= 0.3 is 12.1 Å². The number of halogens is 13. The number of aromatic hydroxyl groups is 1. The van der Waals surface area contributed by atoms with E-state index in [1.807, 2.05) is 132 Å². The standard InChI is InChI=1S/C25H34FN3O2.C15H19N3O2.C13H19FN2.C11H17NO.C11H14O2.C7H8FN.C7H6O2.C6H11NO.C4H9Br.C2H3N.CHI3.CH2I2.CH3I.I2.HI/c1-19(2)18-31-24-10-6-20(7-11-24)16-27-25(30)29(23-12-14-28(3)15-13-23)17-21-4-8-22(26)9-5-21;1-12(2)10-20-14-5-3-13(4-6-14)9-17-15(19)18-8-7-16-11-18;1-16-8-6-13(7-9-16)15-10-11-2-4-12(14)5-3-11;2*1-9(2)8-13-11-5-3-10(7-12)4-6-11;8-7-3-1-6(5-9)2-4-7;8-5-6-1-3-7(9)4-2-6;1-7-4-2-6(8)3-5-7;1-4(2)3-5;1-2-3;2-1(3)4;2-1-3;2*1-2;/h4-11,19,23H,12-18H2,1-3H3,(H,27,30);3-8,11-12H,9-10H2,1-2H3,(H,17,19);2-5,13,15H,6-10H2,1H3;3-6,9H,7-8,12H2,1-2H3;3-7,9H,8H2,1-2H3;1-4H,5,9H2;1-5,9H;2-5H2,1H3;4H,3H2,1-2H3;1H3;1H;1H2;1H3;;1H/i;;;;;;;;;;;;1D;;. The summed E-state index contributed by atoms with van der Waals surface area (Å²) in [5.74, 6) is 6.25. The van der Waals surface area contributed by atoms with Crippen LogP contribution in [0.1, 0.15) is 170 Å². The lowest BCUT2D eigenvalue weighted by molar-refractivity contribution is -0.121. The van der Waals surface area contributed by atoms with Crippen molar-refractivity contribution in [1.82, 2.24) is 45.1 Å². The van der Waals surface area contributed by atoms with Crippen molar-refractivity contribution in [2.24, 2.45) is 41.1 Å². The van der Waals surface area contributed by atoms with Crippen LogP contribution in [-0.2, 0) is 44.1 Å². The molecule has 35 heteroatoms. The number of phenols is 1. The van der Waals surface area contributed by atoms with Crippen molar-refractivity contribution in [2.75, 3.05) is 99.5 Å². The number of nitrogens with one attached hydrogen (secondary N) is 3. The molecule has 0 aliphatic carbocycles. The van der Waals surface area contributed by atoms with Crippen LogP contribution in [0.4, 0.5) is 22.8 Å². The maximum absolute atomic E-state index is 13.3. The third kappa shape index (κ3) is 77.0. The number of imidazole rings is 1. The Hall–Kier alpha value is -4.19. The van der Waals surface area contributed by atoms with Crippen molar-refractivity contribution in [3.8, 4) is 34.8 Å². The van der Waals surface area contributed by atoms with Gasteiger partial charge in [0.25, 0.3) is 0 Å². The number of aldehydes is 2. The highest BCUT2D eigenvalue weighted by Crippen LogP contribution is 2.23. The van der Waals surface area contributed by atoms with Crippen LogP contribution in [0.5, 0.6) is 28.7 Å². The van der Waals surface area contributed by atoms with Gasteiger partial charge in [0, 0.05) is 152 Å². The van der Waals surface area contributed by atoms with Crippen LogP contribution in [0, 0.1) is 58.4 Å². The Kier molecular flexibility index (Phi) is 88.7. The number of hydrogen-bond donors (Lipinski definition) is 6. The number of amides is 3. The molecule has 9 aromatic rings. The van der Waals surface area contributed by atoms with Crippen LogP contribution in [0.2, 0.25) is 0 Å². The number of Topliss-reactive ketones (excluding diaryl/α,β-unsaturated/α-hetero) is 1. The topological polar surface area (TPSA) is 285 Å². The number of piperidine rings is 3. The lowest BCUT2D eigenvalue weighted by Gasteiger charge is -2.37. The first-order chi connectivity index (χ1) is 66.4. The fraction of sp³-hybridized carbons (Fsp3) is 0.452. The maximum Gasteiger partial charge on any atom is 0.327 e. The first-order valence-corrected chi connectivity index (χ1v) is 60.9. The second-order valence-corrected chi connectivity index (χ2v) is 49.3. The minimum Gasteiger partial charge on any atom is -0.508 e. The number of nitrogens with two attached hydrogens (primary N) is 2. The number of ketones is 1. The molecule has 0 radical (unpaired) electrons. The molecular formula is C104H147BrF3I9N12O10. The lowest BCUT2D eigenvalue weighted by Crippen LogP contribution is -2.49. The van der Waals surface area contributed by atoms with Crippen LogP contribution in [0.15, 0.2) is 213 Å². The highest BCUT2D eigenvalue weighted by atomic mass is 128. The van der Waals surface area contributed by atoms with Crippen LogP contribution < -0.4 is 46.4 Å². The minimum atomic E-state index is -0.264. The van der Waals surface area contributed by atoms with Gasteiger partial charge in [0.05, 0.1) is 34.9 Å². The predicted molar refractivity (Wildman–Crippen MR) is 650 cm³/mol. The van der Waals surface area contributed by atoms with E-state index < -0.39 is 0 Å². The highest BCUT2D eigenvalue weighted by Gasteiger charge is 2.27. The molecule has 12 rings (SSSR count). The zero-order valence-electron chi connectivity index (χ0n) is 83.5. The van der Waals surface area contributed by atoms with E-state index in [1.54, 1.807) is 67.0 Å². The SMILES string of the molecule is CC#N.CC(C)CBr.CC(C)COc1ccc(C=O)cc1.CC(C)COc1ccc(CN)cc1.CC(C)COc1ccc(CNC(=O)N(Cc2ccc(F)cc2)C2CCN(C)CC2)cc1.CC(C)COc1ccc(CNC(=O)n2ccnc2)cc1.CN1CCC(=O)CC1.CN1CCC(NCc2ccc(F)cc2)CC1.I.IC(I)I.ICI.II.NCc1ccc(F)cc1.O=Cc1ccc(O)cc1.[2H]CI. The smallest absolute Gasteiger partial charge is 0.327 e. The minimum absolute atomic E-state index is 0. The zero-order valence-corrected chi connectivity index (χ0v) is 104. The van der Waals surface area contributed by atoms with Gasteiger partial charge in [-0.05, 0) is 262 Å². The first-order valence-electron chi connectivity index (χ1n) is 45.9. The van der Waals surface area contributed by atoms with E-state index in [4.69, 9.17) is 42.2 Å². The molecule has 4 heterocycles. The van der Waals surface area contributed by atoms with E-state index in [0.717, 1.165) is 145 Å². The Morgan fingerprint density at radius 1 is 0.540 bits per heavy atom. The van der Waals surface area contributed by atoms with Gasteiger partial charge in [0.15, 0.2) is 0 Å². The van der Waals surface area contributed by atoms with E-state index in [1.165, 1.54) is 94.7 Å². The van der Waals surface area contributed by atoms with Gasteiger partial charge in [0.1, 0.15) is 70.8 Å². The number of urea groups is 1. The molecule has 3 saturated heterocycles. The van der Waals surface area contributed by atoms with Crippen LogP contribution in [0.25, 0.3) is 0 Å². The number of nitriles is 1. The number of likely N-dealkylation sites (tertiary alicyclic amines) is 3. The maximum atomic E-state index is 13.3. The number of hydrogen-bond acceptors (Lipinski definition) is 18. The van der Waals surface area contributed by atoms with Crippen molar-refractivity contribution in [3.63, 3.8) is 0 Å². The number of nitrogens with zero attached hydrogens (tertiary/aromatic N) is 7. The van der Waals surface area contributed by atoms with Crippen LogP contribution in [-0.4, -0.2) is 176 Å². The summed E-state index contributed by atoms with van der Waals surface area (Å²) in [5, 5.41) is 26.6. The van der Waals surface area contributed by atoms with E-state index >= 15 is 0 Å². The third-order valence-electron chi connectivity index (χ3n) is 18.9. The third-order valence-corrected chi connectivity index (χ3v) is 20.2. The largest absolute Gasteiger partial charge is 0.508 e. The predicted octanol–water partition coefficient (Wildman–Crippen LogP) is 27.2. The average Bonchev–Trinajstić information content (AvgIpc) is 0.904. The molecule has 8 N–H and O–H groups in total.